The van der Waals surface area contributed by atoms with Gasteiger partial charge in [0.15, 0.2) is 0 Å². The van der Waals surface area contributed by atoms with Gasteiger partial charge in [-0.25, -0.2) is 0 Å². The first-order chi connectivity index (χ1) is 5.99. The number of aliphatic hydroxyl groups is 1. The minimum Gasteiger partial charge on any atom is -0.378 e. The molecule has 2 nitrogen and oxygen atoms in total. The molecule has 1 heterocycles. The molecule has 0 unspecified atom stereocenters. The Bertz CT molecular complexity index is 352. The SMILES string of the molecule is Cc1cnccc1C#CC(C)(C)O. The second-order valence-corrected chi connectivity index (χ2v) is 3.50. The average Bonchev–Trinajstić information content (AvgIpc) is 2.01. The van der Waals surface area contributed by atoms with E-state index in [-0.39, 0.29) is 0 Å². The standard InChI is InChI=1S/C11H13NO/c1-9-8-12-7-5-10(9)4-6-11(2,3)13/h5,7-8,13H,1-3H3. The van der Waals surface area contributed by atoms with Gasteiger partial charge in [0.2, 0.25) is 0 Å². The lowest BCUT2D eigenvalue weighted by Gasteiger charge is -2.06. The summed E-state index contributed by atoms with van der Waals surface area (Å²) in [4.78, 5) is 3.96. The smallest absolute Gasteiger partial charge is 0.120 e. The maximum Gasteiger partial charge on any atom is 0.120 e. The molecule has 0 bridgehead atoms. The highest BCUT2D eigenvalue weighted by atomic mass is 16.3. The van der Waals surface area contributed by atoms with Crippen LogP contribution >= 0.6 is 0 Å². The molecule has 1 rings (SSSR count). The molecule has 0 aliphatic carbocycles. The lowest BCUT2D eigenvalue weighted by atomic mass is 10.1. The predicted molar refractivity (Wildman–Crippen MR) is 52.1 cm³/mol. The Morgan fingerprint density at radius 3 is 2.69 bits per heavy atom. The Morgan fingerprint density at radius 1 is 1.46 bits per heavy atom. The predicted octanol–water partition coefficient (Wildman–Crippen LogP) is 1.51. The topological polar surface area (TPSA) is 33.1 Å². The number of hydrogen-bond acceptors (Lipinski definition) is 2. The summed E-state index contributed by atoms with van der Waals surface area (Å²) in [6.07, 6.45) is 3.45. The molecule has 1 aromatic heterocycles. The van der Waals surface area contributed by atoms with E-state index in [1.165, 1.54) is 0 Å². The highest BCUT2D eigenvalue weighted by molar-refractivity contribution is 5.39. The van der Waals surface area contributed by atoms with E-state index in [1.807, 2.05) is 13.0 Å². The van der Waals surface area contributed by atoms with Gasteiger partial charge in [-0.15, -0.1) is 0 Å². The van der Waals surface area contributed by atoms with Crippen LogP contribution in [0, 0.1) is 18.8 Å². The highest BCUT2D eigenvalue weighted by Gasteiger charge is 2.05. The molecule has 0 aliphatic heterocycles. The number of rotatable bonds is 0. The lowest BCUT2D eigenvalue weighted by Crippen LogP contribution is -2.14. The molecule has 0 saturated heterocycles. The van der Waals surface area contributed by atoms with Gasteiger partial charge in [-0.05, 0) is 32.4 Å². The second kappa shape index (κ2) is 3.59. The van der Waals surface area contributed by atoms with E-state index in [2.05, 4.69) is 16.8 Å². The molecule has 1 N–H and O–H groups in total. The molecule has 0 radical (unpaired) electrons. The summed E-state index contributed by atoms with van der Waals surface area (Å²) in [5.41, 5.74) is 1.01. The normalized spacial score (nSPS) is 10.5. The Labute approximate surface area is 78.6 Å². The Balaban J connectivity index is 2.97. The Morgan fingerprint density at radius 2 is 2.15 bits per heavy atom. The molecule has 0 aliphatic rings. The third-order valence-corrected chi connectivity index (χ3v) is 1.52. The molecule has 0 atom stereocenters. The zero-order chi connectivity index (χ0) is 9.90. The number of aryl methyl sites for hydroxylation is 1. The molecule has 0 amide bonds. The van der Waals surface area contributed by atoms with Crippen molar-refractivity contribution < 1.29 is 5.11 Å². The number of nitrogens with zero attached hydrogens (tertiary/aromatic N) is 1. The van der Waals surface area contributed by atoms with E-state index in [0.29, 0.717) is 0 Å². The van der Waals surface area contributed by atoms with Crippen molar-refractivity contribution in [3.63, 3.8) is 0 Å². The van der Waals surface area contributed by atoms with E-state index in [1.54, 1.807) is 26.2 Å². The van der Waals surface area contributed by atoms with Gasteiger partial charge in [0.05, 0.1) is 0 Å². The monoisotopic (exact) mass is 175 g/mol. The van der Waals surface area contributed by atoms with Crippen LogP contribution in [0.1, 0.15) is 25.0 Å². The van der Waals surface area contributed by atoms with Gasteiger partial charge in [0, 0.05) is 18.0 Å². The van der Waals surface area contributed by atoms with Crippen molar-refractivity contribution >= 4 is 0 Å². The summed E-state index contributed by atoms with van der Waals surface area (Å²) in [5.74, 6) is 5.67. The van der Waals surface area contributed by atoms with Gasteiger partial charge >= 0.3 is 0 Å². The van der Waals surface area contributed by atoms with Gasteiger partial charge in [0.25, 0.3) is 0 Å². The third kappa shape index (κ3) is 3.27. The zero-order valence-corrected chi connectivity index (χ0v) is 8.13. The van der Waals surface area contributed by atoms with E-state index in [4.69, 9.17) is 0 Å². The van der Waals surface area contributed by atoms with E-state index in [0.717, 1.165) is 11.1 Å². The van der Waals surface area contributed by atoms with Crippen LogP contribution in [0.2, 0.25) is 0 Å². The summed E-state index contributed by atoms with van der Waals surface area (Å²) in [7, 11) is 0. The number of pyridine rings is 1. The average molecular weight is 175 g/mol. The molecular formula is C11H13NO. The van der Waals surface area contributed by atoms with Crippen LogP contribution in [0.3, 0.4) is 0 Å². The summed E-state index contributed by atoms with van der Waals surface area (Å²) < 4.78 is 0. The maximum atomic E-state index is 9.38. The van der Waals surface area contributed by atoms with Crippen molar-refractivity contribution in [1.82, 2.24) is 4.98 Å². The quantitative estimate of drug-likeness (QED) is 0.606. The van der Waals surface area contributed by atoms with Crippen LogP contribution in [0.15, 0.2) is 18.5 Å². The fraction of sp³-hybridized carbons (Fsp3) is 0.364. The van der Waals surface area contributed by atoms with Crippen molar-refractivity contribution in [3.8, 4) is 11.8 Å². The third-order valence-electron chi connectivity index (χ3n) is 1.52. The molecule has 68 valence electrons. The number of hydrogen-bond donors (Lipinski definition) is 1. The van der Waals surface area contributed by atoms with Crippen LogP contribution < -0.4 is 0 Å². The molecule has 13 heavy (non-hydrogen) atoms. The molecule has 0 fully saturated rings. The Hall–Kier alpha value is -1.33. The van der Waals surface area contributed by atoms with Crippen LogP contribution in [0.5, 0.6) is 0 Å². The van der Waals surface area contributed by atoms with E-state index < -0.39 is 5.60 Å². The maximum absolute atomic E-state index is 9.38. The van der Waals surface area contributed by atoms with Crippen LogP contribution in [0.25, 0.3) is 0 Å². The van der Waals surface area contributed by atoms with Gasteiger partial charge in [-0.3, -0.25) is 4.98 Å². The number of aromatic nitrogens is 1. The molecule has 0 saturated carbocycles. The van der Waals surface area contributed by atoms with Crippen molar-refractivity contribution in [2.24, 2.45) is 0 Å². The fourth-order valence-corrected chi connectivity index (χ4v) is 0.834. The van der Waals surface area contributed by atoms with Crippen molar-refractivity contribution in [2.75, 3.05) is 0 Å². The molecule has 1 aromatic rings. The first kappa shape index (κ1) is 9.76. The first-order valence-electron chi connectivity index (χ1n) is 4.15. The summed E-state index contributed by atoms with van der Waals surface area (Å²) in [6, 6.07) is 1.84. The molecule has 2 heteroatoms. The van der Waals surface area contributed by atoms with Gasteiger partial charge in [-0.1, -0.05) is 11.8 Å². The van der Waals surface area contributed by atoms with E-state index in [9.17, 15) is 5.11 Å². The Kier molecular flexibility index (Phi) is 2.69. The summed E-state index contributed by atoms with van der Waals surface area (Å²) >= 11 is 0. The highest BCUT2D eigenvalue weighted by Crippen LogP contribution is 2.04. The first-order valence-corrected chi connectivity index (χ1v) is 4.15. The fourth-order valence-electron chi connectivity index (χ4n) is 0.834. The minimum atomic E-state index is -0.935. The van der Waals surface area contributed by atoms with Crippen molar-refractivity contribution in [2.45, 2.75) is 26.4 Å². The molecular weight excluding hydrogens is 162 g/mol. The van der Waals surface area contributed by atoms with Crippen LogP contribution in [-0.4, -0.2) is 15.7 Å². The largest absolute Gasteiger partial charge is 0.378 e. The van der Waals surface area contributed by atoms with Gasteiger partial charge in [0.1, 0.15) is 5.60 Å². The van der Waals surface area contributed by atoms with Crippen LogP contribution in [-0.2, 0) is 0 Å². The molecule has 0 aromatic carbocycles. The summed E-state index contributed by atoms with van der Waals surface area (Å²) in [6.45, 7) is 5.27. The second-order valence-electron chi connectivity index (χ2n) is 3.50. The van der Waals surface area contributed by atoms with Crippen LogP contribution in [0.4, 0.5) is 0 Å². The van der Waals surface area contributed by atoms with Crippen molar-refractivity contribution in [1.29, 1.82) is 0 Å². The lowest BCUT2D eigenvalue weighted by molar-refractivity contribution is 0.143. The zero-order valence-electron chi connectivity index (χ0n) is 8.13. The summed E-state index contributed by atoms with van der Waals surface area (Å²) in [5, 5.41) is 9.38. The van der Waals surface area contributed by atoms with Crippen molar-refractivity contribution in [3.05, 3.63) is 29.6 Å². The van der Waals surface area contributed by atoms with Gasteiger partial charge < -0.3 is 5.11 Å². The molecule has 0 spiro atoms. The minimum absolute atomic E-state index is 0.914. The van der Waals surface area contributed by atoms with Gasteiger partial charge in [-0.2, -0.15) is 0 Å². The van der Waals surface area contributed by atoms with E-state index >= 15 is 0 Å².